The number of benzene rings is 2. The van der Waals surface area contributed by atoms with Crippen molar-refractivity contribution in [3.63, 3.8) is 0 Å². The summed E-state index contributed by atoms with van der Waals surface area (Å²) in [6.45, 7) is 5.71. The Morgan fingerprint density at radius 3 is 2.11 bits per heavy atom. The fourth-order valence-electron chi connectivity index (χ4n) is 2.02. The monoisotopic (exact) mass is 250 g/mol. The van der Waals surface area contributed by atoms with Gasteiger partial charge in [0.25, 0.3) is 0 Å². The molecule has 0 saturated heterocycles. The van der Waals surface area contributed by atoms with Gasteiger partial charge >= 0.3 is 0 Å². The summed E-state index contributed by atoms with van der Waals surface area (Å²) >= 11 is 0. The van der Waals surface area contributed by atoms with E-state index in [4.69, 9.17) is 0 Å². The Balaban J connectivity index is 1.98. The molecular weight excluding hydrogens is 232 g/mol. The third kappa shape index (κ3) is 3.65. The van der Waals surface area contributed by atoms with Crippen LogP contribution in [0.5, 0.6) is 0 Å². The van der Waals surface area contributed by atoms with E-state index >= 15 is 0 Å². The maximum atomic E-state index is 11.2. The van der Waals surface area contributed by atoms with Crippen LogP contribution in [0, 0.1) is 0 Å². The molecule has 0 fully saturated rings. The Bertz CT molecular complexity index is 564. The van der Waals surface area contributed by atoms with Gasteiger partial charge in [0.2, 0.25) is 0 Å². The lowest BCUT2D eigenvalue weighted by molar-refractivity contribution is 0.101. The van der Waals surface area contributed by atoms with Gasteiger partial charge < -0.3 is 0 Å². The normalized spacial score (nSPS) is 10.2. The van der Waals surface area contributed by atoms with Crippen LogP contribution in [0.1, 0.15) is 34.8 Å². The van der Waals surface area contributed by atoms with Crippen LogP contribution in [0.2, 0.25) is 0 Å². The number of hydrogen-bond donors (Lipinski definition) is 0. The number of ketones is 1. The first-order chi connectivity index (χ1) is 9.16. The molecule has 0 unspecified atom stereocenters. The number of carbonyl (C=O) groups is 1. The van der Waals surface area contributed by atoms with E-state index in [1.807, 2.05) is 30.3 Å². The van der Waals surface area contributed by atoms with Gasteiger partial charge in [-0.15, -0.1) is 0 Å². The number of Topliss-reactive ketones (excluding diaryl/α,β-unsaturated/α-hetero) is 1. The van der Waals surface area contributed by atoms with E-state index in [1.165, 1.54) is 5.56 Å². The van der Waals surface area contributed by atoms with Crippen molar-refractivity contribution in [2.75, 3.05) is 0 Å². The third-order valence-corrected chi connectivity index (χ3v) is 3.26. The standard InChI is InChI=1S/C18H18O/c1-14(8-9-16-6-4-3-5-7-16)17-10-12-18(13-11-17)15(2)19/h3-7,10-13H,1,8-9H2,2H3. The molecule has 0 aliphatic rings. The highest BCUT2D eigenvalue weighted by Gasteiger charge is 2.02. The molecule has 0 heterocycles. The van der Waals surface area contributed by atoms with Crippen LogP contribution in [0.3, 0.4) is 0 Å². The number of carbonyl (C=O) groups excluding carboxylic acids is 1. The summed E-state index contributed by atoms with van der Waals surface area (Å²) in [5.74, 6) is 0.0986. The molecule has 2 aromatic carbocycles. The molecular formula is C18H18O. The Labute approximate surface area is 114 Å². The van der Waals surface area contributed by atoms with Crippen LogP contribution < -0.4 is 0 Å². The van der Waals surface area contributed by atoms with Crippen molar-refractivity contribution in [1.82, 2.24) is 0 Å². The zero-order valence-corrected chi connectivity index (χ0v) is 11.2. The van der Waals surface area contributed by atoms with E-state index in [1.54, 1.807) is 6.92 Å². The van der Waals surface area contributed by atoms with Crippen LogP contribution in [0.25, 0.3) is 5.57 Å². The first-order valence-electron chi connectivity index (χ1n) is 6.50. The molecule has 0 aliphatic carbocycles. The van der Waals surface area contributed by atoms with E-state index in [9.17, 15) is 4.79 Å². The number of hydrogen-bond acceptors (Lipinski definition) is 1. The first kappa shape index (κ1) is 13.3. The van der Waals surface area contributed by atoms with E-state index in [2.05, 4.69) is 30.8 Å². The largest absolute Gasteiger partial charge is 0.295 e. The molecule has 1 heteroatoms. The van der Waals surface area contributed by atoms with Gasteiger partial charge in [-0.2, -0.15) is 0 Å². The molecule has 2 rings (SSSR count). The minimum Gasteiger partial charge on any atom is -0.295 e. The van der Waals surface area contributed by atoms with Crippen molar-refractivity contribution in [2.45, 2.75) is 19.8 Å². The average Bonchev–Trinajstić information content (AvgIpc) is 2.46. The molecule has 0 atom stereocenters. The second kappa shape index (κ2) is 6.14. The summed E-state index contributed by atoms with van der Waals surface area (Å²) in [6, 6.07) is 18.1. The molecule has 0 radical (unpaired) electrons. The van der Waals surface area contributed by atoms with Crippen LogP contribution in [0.15, 0.2) is 61.2 Å². The van der Waals surface area contributed by atoms with Crippen molar-refractivity contribution in [2.24, 2.45) is 0 Å². The van der Waals surface area contributed by atoms with Crippen LogP contribution >= 0.6 is 0 Å². The van der Waals surface area contributed by atoms with Crippen LogP contribution in [-0.4, -0.2) is 5.78 Å². The Morgan fingerprint density at radius 2 is 1.53 bits per heavy atom. The fraction of sp³-hybridized carbons (Fsp3) is 0.167. The summed E-state index contributed by atoms with van der Waals surface area (Å²) in [5.41, 5.74) is 4.29. The van der Waals surface area contributed by atoms with Gasteiger partial charge in [-0.25, -0.2) is 0 Å². The topological polar surface area (TPSA) is 17.1 Å². The van der Waals surface area contributed by atoms with Gasteiger partial charge in [0.05, 0.1) is 0 Å². The summed E-state index contributed by atoms with van der Waals surface area (Å²) in [4.78, 5) is 11.2. The summed E-state index contributed by atoms with van der Waals surface area (Å²) in [6.07, 6.45) is 1.93. The predicted molar refractivity (Wildman–Crippen MR) is 80.2 cm³/mol. The third-order valence-electron chi connectivity index (χ3n) is 3.26. The van der Waals surface area contributed by atoms with Gasteiger partial charge in [-0.05, 0) is 36.5 Å². The minimum absolute atomic E-state index is 0.0986. The molecule has 19 heavy (non-hydrogen) atoms. The highest BCUT2D eigenvalue weighted by Crippen LogP contribution is 2.19. The van der Waals surface area contributed by atoms with Crippen molar-refractivity contribution in [3.05, 3.63) is 77.9 Å². The lowest BCUT2D eigenvalue weighted by Crippen LogP contribution is -1.93. The minimum atomic E-state index is 0.0986. The van der Waals surface area contributed by atoms with Crippen molar-refractivity contribution < 1.29 is 4.79 Å². The molecule has 2 aromatic rings. The number of allylic oxidation sites excluding steroid dienone is 1. The van der Waals surface area contributed by atoms with E-state index in [0.717, 1.165) is 29.5 Å². The second-order valence-corrected chi connectivity index (χ2v) is 4.72. The SMILES string of the molecule is C=C(CCc1ccccc1)c1ccc(C(C)=O)cc1. The molecule has 1 nitrogen and oxygen atoms in total. The predicted octanol–water partition coefficient (Wildman–Crippen LogP) is 4.54. The molecule has 0 aliphatic heterocycles. The Morgan fingerprint density at radius 1 is 0.947 bits per heavy atom. The Hall–Kier alpha value is -2.15. The zero-order chi connectivity index (χ0) is 13.7. The fourth-order valence-corrected chi connectivity index (χ4v) is 2.02. The van der Waals surface area contributed by atoms with Crippen molar-refractivity contribution in [1.29, 1.82) is 0 Å². The molecule has 0 bridgehead atoms. The Kier molecular flexibility index (Phi) is 4.30. The van der Waals surface area contributed by atoms with Crippen molar-refractivity contribution >= 4 is 11.4 Å². The zero-order valence-electron chi connectivity index (χ0n) is 11.2. The molecule has 0 amide bonds. The molecule has 0 N–H and O–H groups in total. The van der Waals surface area contributed by atoms with Gasteiger partial charge in [0.1, 0.15) is 0 Å². The first-order valence-corrected chi connectivity index (χ1v) is 6.50. The van der Waals surface area contributed by atoms with Crippen molar-refractivity contribution in [3.8, 4) is 0 Å². The highest BCUT2D eigenvalue weighted by atomic mass is 16.1. The maximum absolute atomic E-state index is 11.2. The van der Waals surface area contributed by atoms with Gasteiger partial charge in [-0.1, -0.05) is 61.2 Å². The highest BCUT2D eigenvalue weighted by molar-refractivity contribution is 5.94. The van der Waals surface area contributed by atoms with Gasteiger partial charge in [-0.3, -0.25) is 4.79 Å². The molecule has 0 spiro atoms. The lowest BCUT2D eigenvalue weighted by atomic mass is 9.98. The quantitative estimate of drug-likeness (QED) is 0.712. The van der Waals surface area contributed by atoms with E-state index in [0.29, 0.717) is 0 Å². The van der Waals surface area contributed by atoms with Crippen LogP contribution in [-0.2, 0) is 6.42 Å². The number of rotatable bonds is 5. The second-order valence-electron chi connectivity index (χ2n) is 4.72. The van der Waals surface area contributed by atoms with Gasteiger partial charge in [0.15, 0.2) is 5.78 Å². The molecule has 0 saturated carbocycles. The van der Waals surface area contributed by atoms with Gasteiger partial charge in [0, 0.05) is 5.56 Å². The number of aryl methyl sites for hydroxylation is 1. The summed E-state index contributed by atoms with van der Waals surface area (Å²) in [5, 5.41) is 0. The summed E-state index contributed by atoms with van der Waals surface area (Å²) < 4.78 is 0. The lowest BCUT2D eigenvalue weighted by Gasteiger charge is -2.07. The van der Waals surface area contributed by atoms with E-state index < -0.39 is 0 Å². The molecule has 96 valence electrons. The average molecular weight is 250 g/mol. The summed E-state index contributed by atoms with van der Waals surface area (Å²) in [7, 11) is 0. The van der Waals surface area contributed by atoms with E-state index in [-0.39, 0.29) is 5.78 Å². The molecule has 0 aromatic heterocycles. The maximum Gasteiger partial charge on any atom is 0.159 e. The van der Waals surface area contributed by atoms with Crippen LogP contribution in [0.4, 0.5) is 0 Å². The smallest absolute Gasteiger partial charge is 0.159 e.